The van der Waals surface area contributed by atoms with Gasteiger partial charge in [0.2, 0.25) is 5.91 Å². The quantitative estimate of drug-likeness (QED) is 0.818. The van der Waals surface area contributed by atoms with E-state index in [0.717, 1.165) is 12.4 Å². The van der Waals surface area contributed by atoms with Crippen LogP contribution in [0.5, 0.6) is 0 Å². The van der Waals surface area contributed by atoms with Gasteiger partial charge in [-0.1, -0.05) is 0 Å². The minimum Gasteiger partial charge on any atom is -0.368 e. The number of rotatable bonds is 5. The molecule has 1 aromatic heterocycles. The van der Waals surface area contributed by atoms with E-state index in [1.807, 2.05) is 0 Å². The van der Waals surface area contributed by atoms with Crippen molar-refractivity contribution in [3.63, 3.8) is 0 Å². The molecule has 0 bridgehead atoms. The molecule has 1 saturated carbocycles. The van der Waals surface area contributed by atoms with Crippen molar-refractivity contribution in [2.24, 2.45) is 5.73 Å². The summed E-state index contributed by atoms with van der Waals surface area (Å²) >= 11 is 0. The first kappa shape index (κ1) is 12.8. The number of nitrogens with two attached hydrogens (primary N) is 1. The summed E-state index contributed by atoms with van der Waals surface area (Å²) in [5, 5.41) is 3.33. The van der Waals surface area contributed by atoms with Crippen LogP contribution in [0.4, 0.5) is 5.82 Å². The smallest absolute Gasteiger partial charge is 0.250 e. The summed E-state index contributed by atoms with van der Waals surface area (Å²) < 4.78 is 0. The summed E-state index contributed by atoms with van der Waals surface area (Å²) in [6.45, 7) is 0.878. The number of carbonyl (C=O) groups excluding carboxylic acids is 1. The predicted molar refractivity (Wildman–Crippen MR) is 71.5 cm³/mol. The topological polar surface area (TPSA) is 71.2 Å². The number of amides is 1. The highest BCUT2D eigenvalue weighted by Gasteiger charge is 2.38. The lowest BCUT2D eigenvalue weighted by Gasteiger charge is -2.47. The highest BCUT2D eigenvalue weighted by atomic mass is 16.1. The summed E-state index contributed by atoms with van der Waals surface area (Å²) in [6, 6.07) is 3.49. The number of nitrogens with zero attached hydrogens (tertiary/aromatic N) is 2. The molecule has 5 heteroatoms. The number of pyridine rings is 1. The molecular formula is C13H20N4O. The lowest BCUT2D eigenvalue weighted by atomic mass is 9.75. The zero-order valence-electron chi connectivity index (χ0n) is 10.9. The van der Waals surface area contributed by atoms with Crippen molar-refractivity contribution in [1.29, 1.82) is 0 Å². The molecule has 1 aliphatic rings. The van der Waals surface area contributed by atoms with Crippen molar-refractivity contribution in [2.45, 2.75) is 24.8 Å². The molecule has 98 valence electrons. The van der Waals surface area contributed by atoms with Gasteiger partial charge in [-0.15, -0.1) is 0 Å². The molecule has 0 saturated heterocycles. The third-order valence-corrected chi connectivity index (χ3v) is 3.88. The van der Waals surface area contributed by atoms with E-state index in [-0.39, 0.29) is 5.54 Å². The fraction of sp³-hybridized carbons (Fsp3) is 0.538. The van der Waals surface area contributed by atoms with Gasteiger partial charge in [-0.05, 0) is 45.5 Å². The normalized spacial score (nSPS) is 17.3. The Morgan fingerprint density at radius 1 is 1.50 bits per heavy atom. The number of aromatic nitrogens is 1. The van der Waals surface area contributed by atoms with Gasteiger partial charge in [-0.2, -0.15) is 0 Å². The van der Waals surface area contributed by atoms with E-state index in [0.29, 0.717) is 5.56 Å². The number of likely N-dealkylation sites (N-methyl/N-ethyl adjacent to an activating group) is 1. The Labute approximate surface area is 107 Å². The van der Waals surface area contributed by atoms with Crippen molar-refractivity contribution in [1.82, 2.24) is 9.88 Å². The first-order valence-electron chi connectivity index (χ1n) is 6.21. The molecule has 5 nitrogen and oxygen atoms in total. The molecule has 1 aliphatic carbocycles. The monoisotopic (exact) mass is 248 g/mol. The average Bonchev–Trinajstić information content (AvgIpc) is 2.27. The molecule has 1 amide bonds. The molecule has 18 heavy (non-hydrogen) atoms. The number of nitrogens with one attached hydrogen (secondary N) is 1. The van der Waals surface area contributed by atoms with Crippen LogP contribution in [0, 0.1) is 0 Å². The maximum Gasteiger partial charge on any atom is 0.250 e. The van der Waals surface area contributed by atoms with Crippen LogP contribution < -0.4 is 11.1 Å². The van der Waals surface area contributed by atoms with Crippen molar-refractivity contribution in [2.75, 3.05) is 26.0 Å². The molecule has 0 atom stereocenters. The third kappa shape index (κ3) is 2.46. The predicted octanol–water partition coefficient (Wildman–Crippen LogP) is 1.08. The Balaban J connectivity index is 1.96. The maximum atomic E-state index is 10.9. The highest BCUT2D eigenvalue weighted by molar-refractivity contribution is 5.92. The summed E-state index contributed by atoms with van der Waals surface area (Å²) in [5.74, 6) is 0.339. The molecule has 2 rings (SSSR count). The van der Waals surface area contributed by atoms with Crippen LogP contribution in [-0.2, 0) is 0 Å². The van der Waals surface area contributed by atoms with Gasteiger partial charge in [0.15, 0.2) is 0 Å². The molecule has 0 spiro atoms. The standard InChI is InChI=1S/C13H20N4O/c1-17(2)13(6-3-7-13)9-16-11-5-4-10(8-15-11)12(14)18/h4-5,8H,3,6-7,9H2,1-2H3,(H2,14,18)(H,15,16). The second-order valence-electron chi connectivity index (χ2n) is 5.12. The van der Waals surface area contributed by atoms with Gasteiger partial charge < -0.3 is 16.0 Å². The minimum atomic E-state index is -0.446. The molecule has 3 N–H and O–H groups in total. The van der Waals surface area contributed by atoms with Crippen molar-refractivity contribution >= 4 is 11.7 Å². The largest absolute Gasteiger partial charge is 0.368 e. The number of hydrogen-bond donors (Lipinski definition) is 2. The fourth-order valence-corrected chi connectivity index (χ4v) is 2.27. The lowest BCUT2D eigenvalue weighted by Crippen LogP contribution is -2.54. The second-order valence-corrected chi connectivity index (χ2v) is 5.12. The van der Waals surface area contributed by atoms with E-state index < -0.39 is 5.91 Å². The second kappa shape index (κ2) is 4.94. The molecular weight excluding hydrogens is 228 g/mol. The Morgan fingerprint density at radius 2 is 2.22 bits per heavy atom. The minimum absolute atomic E-state index is 0.254. The van der Waals surface area contributed by atoms with Crippen LogP contribution in [-0.4, -0.2) is 42.0 Å². The molecule has 0 radical (unpaired) electrons. The van der Waals surface area contributed by atoms with Gasteiger partial charge in [0.05, 0.1) is 5.56 Å². The fourth-order valence-electron chi connectivity index (χ4n) is 2.27. The van der Waals surface area contributed by atoms with Gasteiger partial charge in [-0.25, -0.2) is 4.98 Å². The van der Waals surface area contributed by atoms with Crippen molar-refractivity contribution in [3.8, 4) is 0 Å². The first-order valence-corrected chi connectivity index (χ1v) is 6.21. The summed E-state index contributed by atoms with van der Waals surface area (Å²) in [4.78, 5) is 17.4. The van der Waals surface area contributed by atoms with E-state index >= 15 is 0 Å². The van der Waals surface area contributed by atoms with Crippen LogP contribution >= 0.6 is 0 Å². The molecule has 1 heterocycles. The Kier molecular flexibility index (Phi) is 3.52. The summed E-state index contributed by atoms with van der Waals surface area (Å²) in [7, 11) is 4.23. The van der Waals surface area contributed by atoms with Crippen LogP contribution in [0.25, 0.3) is 0 Å². The van der Waals surface area contributed by atoms with Gasteiger partial charge in [0.25, 0.3) is 0 Å². The van der Waals surface area contributed by atoms with Gasteiger partial charge >= 0.3 is 0 Å². The van der Waals surface area contributed by atoms with E-state index in [2.05, 4.69) is 29.3 Å². The van der Waals surface area contributed by atoms with E-state index in [9.17, 15) is 4.79 Å². The number of anilines is 1. The third-order valence-electron chi connectivity index (χ3n) is 3.88. The van der Waals surface area contributed by atoms with Crippen molar-refractivity contribution < 1.29 is 4.79 Å². The van der Waals surface area contributed by atoms with Crippen LogP contribution in [0.3, 0.4) is 0 Å². The number of carbonyl (C=O) groups is 1. The molecule has 1 fully saturated rings. The Bertz CT molecular complexity index is 423. The first-order chi connectivity index (χ1) is 8.53. The maximum absolute atomic E-state index is 10.9. The zero-order valence-corrected chi connectivity index (χ0v) is 10.9. The number of hydrogen-bond acceptors (Lipinski definition) is 4. The summed E-state index contributed by atoms with van der Waals surface area (Å²) in [6.07, 6.45) is 5.22. The van der Waals surface area contributed by atoms with Gasteiger partial charge in [0.1, 0.15) is 5.82 Å². The molecule has 0 aliphatic heterocycles. The summed E-state index contributed by atoms with van der Waals surface area (Å²) in [5.41, 5.74) is 5.86. The van der Waals surface area contributed by atoms with E-state index in [1.165, 1.54) is 25.5 Å². The number of primary amides is 1. The molecule has 0 unspecified atom stereocenters. The van der Waals surface area contributed by atoms with Crippen LogP contribution in [0.15, 0.2) is 18.3 Å². The SMILES string of the molecule is CN(C)C1(CNc2ccc(C(N)=O)cn2)CCC1. The van der Waals surface area contributed by atoms with E-state index in [1.54, 1.807) is 12.1 Å². The lowest BCUT2D eigenvalue weighted by molar-refractivity contribution is 0.0738. The molecule has 1 aromatic rings. The Morgan fingerprint density at radius 3 is 2.61 bits per heavy atom. The highest BCUT2D eigenvalue weighted by Crippen LogP contribution is 2.36. The van der Waals surface area contributed by atoms with Gasteiger partial charge in [-0.3, -0.25) is 4.79 Å². The van der Waals surface area contributed by atoms with Crippen LogP contribution in [0.2, 0.25) is 0 Å². The van der Waals surface area contributed by atoms with Crippen LogP contribution in [0.1, 0.15) is 29.6 Å². The van der Waals surface area contributed by atoms with Crippen molar-refractivity contribution in [3.05, 3.63) is 23.9 Å². The zero-order chi connectivity index (χ0) is 13.2. The molecule has 0 aromatic carbocycles. The Hall–Kier alpha value is -1.62. The van der Waals surface area contributed by atoms with E-state index in [4.69, 9.17) is 5.73 Å². The average molecular weight is 248 g/mol. The van der Waals surface area contributed by atoms with Gasteiger partial charge in [0, 0.05) is 18.3 Å².